The number of aromatic nitrogens is 1. The average molecular weight is 470 g/mol. The van der Waals surface area contributed by atoms with E-state index in [4.69, 9.17) is 11.6 Å². The van der Waals surface area contributed by atoms with E-state index >= 15 is 0 Å². The van der Waals surface area contributed by atoms with Crippen LogP contribution in [0.1, 0.15) is 18.4 Å². The summed E-state index contributed by atoms with van der Waals surface area (Å²) in [5.74, 6) is -0.444. The van der Waals surface area contributed by atoms with Crippen LogP contribution in [-0.4, -0.2) is 36.3 Å². The number of amides is 1. The number of sulfonamides is 1. The minimum atomic E-state index is -3.55. The highest BCUT2D eigenvalue weighted by molar-refractivity contribution is 7.91. The third-order valence-electron chi connectivity index (χ3n) is 5.12. The Hall–Kier alpha value is -1.52. The van der Waals surface area contributed by atoms with Crippen molar-refractivity contribution in [2.75, 3.05) is 13.1 Å². The van der Waals surface area contributed by atoms with E-state index in [1.807, 2.05) is 30.7 Å². The zero-order valence-corrected chi connectivity index (χ0v) is 19.2. The van der Waals surface area contributed by atoms with E-state index in [1.54, 1.807) is 6.07 Å². The van der Waals surface area contributed by atoms with Gasteiger partial charge in [-0.2, -0.15) is 9.30 Å². The van der Waals surface area contributed by atoms with Crippen molar-refractivity contribution in [3.8, 4) is 0 Å². The molecule has 0 N–H and O–H groups in total. The molecule has 1 amide bonds. The summed E-state index contributed by atoms with van der Waals surface area (Å²) in [4.78, 5) is 17.8. The van der Waals surface area contributed by atoms with Crippen molar-refractivity contribution >= 4 is 60.4 Å². The van der Waals surface area contributed by atoms with Gasteiger partial charge in [0, 0.05) is 26.1 Å². The average Bonchev–Trinajstić information content (AvgIpc) is 3.26. The molecular formula is C19H20ClN3O3S3. The molecule has 29 heavy (non-hydrogen) atoms. The van der Waals surface area contributed by atoms with Crippen molar-refractivity contribution in [2.45, 2.75) is 24.0 Å². The second kappa shape index (κ2) is 7.96. The van der Waals surface area contributed by atoms with Crippen LogP contribution in [0.5, 0.6) is 0 Å². The molecule has 0 spiro atoms. The standard InChI is InChI=1S/C19H20ClN3O3S3/c1-12-3-4-14-15(11-12)27-19(22(14)2)21-18(24)13-7-9-23(10-8-13)29(25,26)17-6-5-16(20)28-17/h3-6,11,13H,7-10H2,1-2H3. The van der Waals surface area contributed by atoms with Gasteiger partial charge in [-0.15, -0.1) is 11.3 Å². The normalized spacial score (nSPS) is 17.3. The van der Waals surface area contributed by atoms with Gasteiger partial charge in [-0.05, 0) is 49.6 Å². The van der Waals surface area contributed by atoms with Gasteiger partial charge in [-0.25, -0.2) is 8.42 Å². The topological polar surface area (TPSA) is 71.7 Å². The number of nitrogens with zero attached hydrogens (tertiary/aromatic N) is 3. The summed E-state index contributed by atoms with van der Waals surface area (Å²) in [5, 5.41) is 0. The van der Waals surface area contributed by atoms with Gasteiger partial charge in [0.1, 0.15) is 4.21 Å². The Morgan fingerprint density at radius 3 is 2.55 bits per heavy atom. The molecule has 0 atom stereocenters. The maximum Gasteiger partial charge on any atom is 0.252 e. The summed E-state index contributed by atoms with van der Waals surface area (Å²) >= 11 is 8.42. The quantitative estimate of drug-likeness (QED) is 0.585. The van der Waals surface area contributed by atoms with Crippen molar-refractivity contribution in [2.24, 2.45) is 18.0 Å². The number of piperidine rings is 1. The van der Waals surface area contributed by atoms with E-state index in [2.05, 4.69) is 11.1 Å². The minimum absolute atomic E-state index is 0.180. The summed E-state index contributed by atoms with van der Waals surface area (Å²) in [7, 11) is -1.65. The van der Waals surface area contributed by atoms with Crippen LogP contribution in [0.15, 0.2) is 39.5 Å². The molecule has 1 aromatic carbocycles. The lowest BCUT2D eigenvalue weighted by molar-refractivity contribution is -0.122. The van der Waals surface area contributed by atoms with Gasteiger partial charge < -0.3 is 4.57 Å². The van der Waals surface area contributed by atoms with Gasteiger partial charge in [0.15, 0.2) is 4.80 Å². The van der Waals surface area contributed by atoms with E-state index in [0.29, 0.717) is 35.1 Å². The number of thiophene rings is 1. The van der Waals surface area contributed by atoms with E-state index < -0.39 is 10.0 Å². The molecule has 2 aromatic heterocycles. The van der Waals surface area contributed by atoms with Crippen LogP contribution in [0, 0.1) is 12.8 Å². The lowest BCUT2D eigenvalue weighted by atomic mass is 9.98. The van der Waals surface area contributed by atoms with E-state index in [-0.39, 0.29) is 16.0 Å². The third kappa shape index (κ3) is 4.06. The molecule has 6 nitrogen and oxygen atoms in total. The zero-order chi connectivity index (χ0) is 20.8. The van der Waals surface area contributed by atoms with Gasteiger partial charge >= 0.3 is 0 Å². The first-order valence-corrected chi connectivity index (χ1v) is 12.6. The second-order valence-electron chi connectivity index (χ2n) is 7.10. The molecule has 1 aliphatic rings. The summed E-state index contributed by atoms with van der Waals surface area (Å²) < 4.78 is 30.6. The number of fused-ring (bicyclic) bond motifs is 1. The highest BCUT2D eigenvalue weighted by Crippen LogP contribution is 2.30. The Morgan fingerprint density at radius 2 is 1.90 bits per heavy atom. The van der Waals surface area contributed by atoms with Crippen LogP contribution in [0.2, 0.25) is 4.34 Å². The van der Waals surface area contributed by atoms with Gasteiger partial charge in [-0.1, -0.05) is 29.0 Å². The van der Waals surface area contributed by atoms with Crippen LogP contribution in [-0.2, 0) is 21.9 Å². The molecule has 1 saturated heterocycles. The van der Waals surface area contributed by atoms with Crippen molar-refractivity contribution in [1.82, 2.24) is 8.87 Å². The fourth-order valence-electron chi connectivity index (χ4n) is 3.44. The minimum Gasteiger partial charge on any atom is -0.319 e. The van der Waals surface area contributed by atoms with E-state index in [9.17, 15) is 13.2 Å². The molecule has 1 fully saturated rings. The first-order chi connectivity index (χ1) is 13.8. The molecular weight excluding hydrogens is 450 g/mol. The van der Waals surface area contributed by atoms with Crippen molar-refractivity contribution < 1.29 is 13.2 Å². The van der Waals surface area contributed by atoms with Gasteiger partial charge in [0.25, 0.3) is 15.9 Å². The maximum atomic E-state index is 12.7. The first kappa shape index (κ1) is 20.7. The molecule has 154 valence electrons. The summed E-state index contributed by atoms with van der Waals surface area (Å²) in [6.07, 6.45) is 0.933. The number of hydrogen-bond acceptors (Lipinski definition) is 5. The van der Waals surface area contributed by atoms with Crippen LogP contribution >= 0.6 is 34.3 Å². The Morgan fingerprint density at radius 1 is 1.17 bits per heavy atom. The van der Waals surface area contributed by atoms with Gasteiger partial charge in [0.05, 0.1) is 14.6 Å². The fraction of sp³-hybridized carbons (Fsp3) is 0.368. The smallest absolute Gasteiger partial charge is 0.252 e. The Labute approximate surface area is 182 Å². The number of hydrogen-bond donors (Lipinski definition) is 0. The van der Waals surface area contributed by atoms with E-state index in [1.165, 1.54) is 21.7 Å². The molecule has 0 unspecified atom stereocenters. The monoisotopic (exact) mass is 469 g/mol. The number of carbonyl (C=O) groups is 1. The lowest BCUT2D eigenvalue weighted by Gasteiger charge is -2.29. The number of halogens is 1. The van der Waals surface area contributed by atoms with Crippen LogP contribution in [0.4, 0.5) is 0 Å². The molecule has 1 aliphatic heterocycles. The van der Waals surface area contributed by atoms with Crippen molar-refractivity contribution in [1.29, 1.82) is 0 Å². The van der Waals surface area contributed by atoms with Crippen LogP contribution in [0.3, 0.4) is 0 Å². The van der Waals surface area contributed by atoms with Crippen molar-refractivity contribution in [3.05, 3.63) is 45.0 Å². The van der Waals surface area contributed by atoms with Gasteiger partial charge in [0.2, 0.25) is 0 Å². The third-order valence-corrected chi connectivity index (χ3v) is 9.81. The Bertz CT molecular complexity index is 1250. The second-order valence-corrected chi connectivity index (χ2v) is 12.0. The lowest BCUT2D eigenvalue weighted by Crippen LogP contribution is -2.40. The first-order valence-electron chi connectivity index (χ1n) is 9.16. The van der Waals surface area contributed by atoms with Crippen LogP contribution in [0.25, 0.3) is 10.2 Å². The fourth-order valence-corrected chi connectivity index (χ4v) is 7.67. The Balaban J connectivity index is 1.50. The maximum absolute atomic E-state index is 12.7. The summed E-state index contributed by atoms with van der Waals surface area (Å²) in [6.45, 7) is 2.65. The SMILES string of the molecule is Cc1ccc2c(c1)sc(=NC(=O)C1CCN(S(=O)(=O)c3ccc(Cl)s3)CC1)n2C. The molecule has 4 rings (SSSR count). The summed E-state index contributed by atoms with van der Waals surface area (Å²) in [5.41, 5.74) is 2.21. The zero-order valence-electron chi connectivity index (χ0n) is 16.0. The molecule has 3 aromatic rings. The molecule has 10 heteroatoms. The number of rotatable bonds is 3. The molecule has 0 saturated carbocycles. The molecule has 0 radical (unpaired) electrons. The number of thiazole rings is 1. The highest BCUT2D eigenvalue weighted by Gasteiger charge is 2.32. The predicted octanol–water partition coefficient (Wildman–Crippen LogP) is 3.79. The van der Waals surface area contributed by atoms with Crippen molar-refractivity contribution in [3.63, 3.8) is 0 Å². The number of aryl methyl sites for hydroxylation is 2. The molecule has 0 aliphatic carbocycles. The molecule has 0 bridgehead atoms. The number of benzene rings is 1. The molecule has 3 heterocycles. The largest absolute Gasteiger partial charge is 0.319 e. The van der Waals surface area contributed by atoms with Gasteiger partial charge in [-0.3, -0.25) is 4.79 Å². The Kier molecular flexibility index (Phi) is 5.69. The van der Waals surface area contributed by atoms with Crippen LogP contribution < -0.4 is 4.80 Å². The summed E-state index contributed by atoms with van der Waals surface area (Å²) in [6, 6.07) is 9.27. The highest BCUT2D eigenvalue weighted by atomic mass is 35.5. The van der Waals surface area contributed by atoms with E-state index in [0.717, 1.165) is 27.1 Å². The number of carbonyl (C=O) groups excluding carboxylic acids is 1. The predicted molar refractivity (Wildman–Crippen MR) is 117 cm³/mol.